The monoisotopic (exact) mass is 324 g/mol. The van der Waals surface area contributed by atoms with Crippen LogP contribution in [0.2, 0.25) is 0 Å². The summed E-state index contributed by atoms with van der Waals surface area (Å²) in [4.78, 5) is 0. The molecule has 5 nitrogen and oxygen atoms in total. The molecular formula is C18H28O5. The first-order valence-electron chi connectivity index (χ1n) is 7.85. The molecule has 5 heteroatoms. The van der Waals surface area contributed by atoms with Gasteiger partial charge in [-0.15, -0.1) is 0 Å². The predicted octanol–water partition coefficient (Wildman–Crippen LogP) is 3.01. The van der Waals surface area contributed by atoms with Crippen LogP contribution < -0.4 is 4.74 Å². The smallest absolute Gasteiger partial charge is 0.188 e. The van der Waals surface area contributed by atoms with Crippen LogP contribution in [0.3, 0.4) is 0 Å². The van der Waals surface area contributed by atoms with E-state index in [0.29, 0.717) is 13.4 Å². The fraction of sp³-hybridized carbons (Fsp3) is 0.556. The average molecular weight is 324 g/mol. The van der Waals surface area contributed by atoms with E-state index in [9.17, 15) is 5.11 Å². The zero-order valence-corrected chi connectivity index (χ0v) is 14.3. The lowest BCUT2D eigenvalue weighted by Gasteiger charge is -2.14. The molecule has 0 heterocycles. The second kappa shape index (κ2) is 12.1. The van der Waals surface area contributed by atoms with Crippen LogP contribution in [0.4, 0.5) is 0 Å². The van der Waals surface area contributed by atoms with E-state index in [1.165, 1.54) is 0 Å². The molecule has 0 saturated heterocycles. The zero-order valence-electron chi connectivity index (χ0n) is 14.3. The highest BCUT2D eigenvalue weighted by molar-refractivity contribution is 5.60. The van der Waals surface area contributed by atoms with Crippen LogP contribution in [0, 0.1) is 0 Å². The maximum absolute atomic E-state index is 9.42. The number of aliphatic hydroxyl groups excluding tert-OH is 1. The van der Waals surface area contributed by atoms with E-state index in [0.717, 1.165) is 36.1 Å². The summed E-state index contributed by atoms with van der Waals surface area (Å²) in [6.45, 7) is 2.94. The highest BCUT2D eigenvalue weighted by atomic mass is 16.7. The first-order valence-corrected chi connectivity index (χ1v) is 7.85. The number of aryl methyl sites for hydroxylation is 1. The molecule has 0 aliphatic carbocycles. The molecule has 0 aromatic heterocycles. The molecule has 0 amide bonds. The molecule has 1 aromatic rings. The van der Waals surface area contributed by atoms with Crippen molar-refractivity contribution in [2.24, 2.45) is 0 Å². The molecule has 0 aliphatic heterocycles. The third-order valence-corrected chi connectivity index (χ3v) is 3.19. The molecule has 1 aromatic carbocycles. The quantitative estimate of drug-likeness (QED) is 0.473. The number of aliphatic hydroxyl groups is 1. The van der Waals surface area contributed by atoms with Crippen molar-refractivity contribution in [3.63, 3.8) is 0 Å². The fourth-order valence-electron chi connectivity index (χ4n) is 2.13. The number of rotatable bonds is 12. The Hall–Kier alpha value is -1.40. The average Bonchev–Trinajstić information content (AvgIpc) is 2.54. The van der Waals surface area contributed by atoms with Gasteiger partial charge in [0.05, 0.1) is 6.10 Å². The largest absolute Gasteiger partial charge is 0.467 e. The molecule has 0 radical (unpaired) electrons. The van der Waals surface area contributed by atoms with Gasteiger partial charge in [0, 0.05) is 26.4 Å². The first-order chi connectivity index (χ1) is 11.2. The van der Waals surface area contributed by atoms with Gasteiger partial charge in [0.1, 0.15) is 12.5 Å². The molecule has 1 rings (SSSR count). The Morgan fingerprint density at radius 2 is 1.91 bits per heavy atom. The second-order valence-electron chi connectivity index (χ2n) is 5.26. The summed E-state index contributed by atoms with van der Waals surface area (Å²) in [7, 11) is 3.22. The number of hydrogen-bond donors (Lipinski definition) is 1. The maximum atomic E-state index is 9.42. The summed E-state index contributed by atoms with van der Waals surface area (Å²) >= 11 is 0. The highest BCUT2D eigenvalue weighted by Crippen LogP contribution is 2.27. The Morgan fingerprint density at radius 3 is 2.61 bits per heavy atom. The molecule has 1 N–H and O–H groups in total. The van der Waals surface area contributed by atoms with Gasteiger partial charge in [-0.3, -0.25) is 0 Å². The normalized spacial score (nSPS) is 12.7. The van der Waals surface area contributed by atoms with Crippen molar-refractivity contribution in [2.45, 2.75) is 32.3 Å². The summed E-state index contributed by atoms with van der Waals surface area (Å²) in [5.74, 6) is 0.809. The lowest BCUT2D eigenvalue weighted by molar-refractivity contribution is -0.0314. The third-order valence-electron chi connectivity index (χ3n) is 3.19. The topological polar surface area (TPSA) is 57.2 Å². The van der Waals surface area contributed by atoms with Crippen LogP contribution in [0.1, 0.15) is 30.9 Å². The maximum Gasteiger partial charge on any atom is 0.188 e. The Labute approximate surface area is 138 Å². The fourth-order valence-corrected chi connectivity index (χ4v) is 2.13. The molecule has 1 unspecified atom stereocenters. The van der Waals surface area contributed by atoms with Crippen LogP contribution in [0.15, 0.2) is 24.3 Å². The Balaban J connectivity index is 2.70. The van der Waals surface area contributed by atoms with Crippen molar-refractivity contribution in [3.8, 4) is 5.75 Å². The van der Waals surface area contributed by atoms with Gasteiger partial charge in [-0.05, 0) is 31.7 Å². The van der Waals surface area contributed by atoms with E-state index in [1.807, 2.05) is 18.2 Å². The number of hydrogen-bond acceptors (Lipinski definition) is 5. The van der Waals surface area contributed by atoms with E-state index in [4.69, 9.17) is 18.9 Å². The molecule has 23 heavy (non-hydrogen) atoms. The summed E-state index contributed by atoms with van der Waals surface area (Å²) in [6, 6.07) is 6.02. The van der Waals surface area contributed by atoms with Gasteiger partial charge < -0.3 is 24.1 Å². The van der Waals surface area contributed by atoms with E-state index in [1.54, 1.807) is 27.2 Å². The minimum atomic E-state index is -0.494. The minimum Gasteiger partial charge on any atom is -0.467 e. The predicted molar refractivity (Wildman–Crippen MR) is 90.4 cm³/mol. The lowest BCUT2D eigenvalue weighted by atomic mass is 10.0. The van der Waals surface area contributed by atoms with E-state index >= 15 is 0 Å². The number of benzene rings is 1. The number of unbranched alkanes of at least 4 members (excludes halogenated alkanes) is 1. The van der Waals surface area contributed by atoms with Crippen LogP contribution in [-0.4, -0.2) is 45.6 Å². The van der Waals surface area contributed by atoms with E-state index < -0.39 is 6.10 Å². The summed E-state index contributed by atoms with van der Waals surface area (Å²) < 4.78 is 20.9. The second-order valence-corrected chi connectivity index (χ2v) is 5.26. The zero-order chi connectivity index (χ0) is 16.9. The van der Waals surface area contributed by atoms with Gasteiger partial charge >= 0.3 is 0 Å². The van der Waals surface area contributed by atoms with Crippen molar-refractivity contribution in [3.05, 3.63) is 35.4 Å². The highest BCUT2D eigenvalue weighted by Gasteiger charge is 2.08. The minimum absolute atomic E-state index is 0.198. The molecular weight excluding hydrogens is 296 g/mol. The van der Waals surface area contributed by atoms with Crippen molar-refractivity contribution >= 4 is 6.08 Å². The number of para-hydroxylation sites is 1. The Kier molecular flexibility index (Phi) is 10.3. The Morgan fingerprint density at radius 1 is 1.13 bits per heavy atom. The first kappa shape index (κ1) is 19.6. The van der Waals surface area contributed by atoms with Crippen LogP contribution in [0.5, 0.6) is 5.75 Å². The van der Waals surface area contributed by atoms with Crippen molar-refractivity contribution in [1.82, 2.24) is 0 Å². The van der Waals surface area contributed by atoms with E-state index in [-0.39, 0.29) is 6.79 Å². The molecule has 0 saturated carbocycles. The molecule has 0 aliphatic rings. The van der Waals surface area contributed by atoms with Gasteiger partial charge in [-0.25, -0.2) is 0 Å². The SMILES string of the molecule is COCOCCCCc1cccc(/C=C/C(C)O)c1OCOC. The van der Waals surface area contributed by atoms with Gasteiger partial charge in [0.15, 0.2) is 6.79 Å². The van der Waals surface area contributed by atoms with Crippen molar-refractivity contribution in [2.75, 3.05) is 34.4 Å². The van der Waals surface area contributed by atoms with Crippen LogP contribution in [0.25, 0.3) is 6.08 Å². The summed E-state index contributed by atoms with van der Waals surface area (Å²) in [5, 5.41) is 9.42. The summed E-state index contributed by atoms with van der Waals surface area (Å²) in [6.07, 6.45) is 5.97. The molecule has 1 atom stereocenters. The molecule has 0 spiro atoms. The molecule has 130 valence electrons. The number of methoxy groups -OCH3 is 2. The Bertz CT molecular complexity index is 457. The van der Waals surface area contributed by atoms with E-state index in [2.05, 4.69) is 6.07 Å². The molecule has 0 bridgehead atoms. The van der Waals surface area contributed by atoms with Crippen molar-refractivity contribution in [1.29, 1.82) is 0 Å². The van der Waals surface area contributed by atoms with Crippen molar-refractivity contribution < 1.29 is 24.1 Å². The van der Waals surface area contributed by atoms with Crippen LogP contribution >= 0.6 is 0 Å². The standard InChI is InChI=1S/C18H28O5/c1-15(19)10-11-17-9-6-8-16(18(17)23-14-21-3)7-4-5-12-22-13-20-2/h6,8-11,15,19H,4-5,7,12-14H2,1-3H3/b11-10+. The van der Waals surface area contributed by atoms with Crippen LogP contribution in [-0.2, 0) is 20.6 Å². The molecule has 0 fully saturated rings. The number of ether oxygens (including phenoxy) is 4. The van der Waals surface area contributed by atoms with Gasteiger partial charge in [0.2, 0.25) is 0 Å². The third kappa shape index (κ3) is 8.13. The van der Waals surface area contributed by atoms with Gasteiger partial charge in [0.25, 0.3) is 0 Å². The van der Waals surface area contributed by atoms with Gasteiger partial charge in [-0.1, -0.05) is 30.4 Å². The van der Waals surface area contributed by atoms with Gasteiger partial charge in [-0.2, -0.15) is 0 Å². The summed E-state index contributed by atoms with van der Waals surface area (Å²) in [5.41, 5.74) is 2.07. The lowest BCUT2D eigenvalue weighted by Crippen LogP contribution is -2.04.